The molecule has 0 spiro atoms. The number of aliphatic imine (C=N–C) groups is 1. The standard InChI is InChI=1S/C14H21N3.HI/c1-14(2,3)17-13(15)16-9-11-8-10-6-4-5-7-12(10)11;/h4-7,11H,8-9H2,1-3H3,(H3,15,16,17);1H. The van der Waals surface area contributed by atoms with Crippen LogP contribution < -0.4 is 11.1 Å². The lowest BCUT2D eigenvalue weighted by Gasteiger charge is -2.29. The van der Waals surface area contributed by atoms with Crippen LogP contribution in [-0.4, -0.2) is 18.0 Å². The van der Waals surface area contributed by atoms with Crippen LogP contribution >= 0.6 is 24.0 Å². The Balaban J connectivity index is 0.00000162. The van der Waals surface area contributed by atoms with Gasteiger partial charge in [-0.15, -0.1) is 24.0 Å². The third-order valence-corrected chi connectivity index (χ3v) is 2.95. The average Bonchev–Trinajstić information content (AvgIpc) is 2.16. The molecular formula is C14H22IN3. The maximum Gasteiger partial charge on any atom is 0.189 e. The number of guanidine groups is 1. The highest BCUT2D eigenvalue weighted by Gasteiger charge is 2.24. The molecule has 0 amide bonds. The first-order chi connectivity index (χ1) is 7.96. The fraction of sp³-hybridized carbons (Fsp3) is 0.500. The molecule has 1 aromatic carbocycles. The molecule has 0 saturated carbocycles. The zero-order chi connectivity index (χ0) is 12.5. The Morgan fingerprint density at radius 2 is 2.06 bits per heavy atom. The molecule has 0 saturated heterocycles. The van der Waals surface area contributed by atoms with Crippen molar-refractivity contribution in [2.45, 2.75) is 38.6 Å². The average molecular weight is 359 g/mol. The molecule has 0 aromatic heterocycles. The zero-order valence-corrected chi connectivity index (χ0v) is 13.6. The molecule has 1 aliphatic carbocycles. The largest absolute Gasteiger partial charge is 0.370 e. The summed E-state index contributed by atoms with van der Waals surface area (Å²) in [6.07, 6.45) is 1.13. The Morgan fingerprint density at radius 3 is 2.67 bits per heavy atom. The normalized spacial score (nSPS) is 18.4. The summed E-state index contributed by atoms with van der Waals surface area (Å²) in [5, 5.41) is 3.17. The summed E-state index contributed by atoms with van der Waals surface area (Å²) in [6.45, 7) is 7.02. The highest BCUT2D eigenvalue weighted by atomic mass is 127. The summed E-state index contributed by atoms with van der Waals surface area (Å²) in [5.41, 5.74) is 8.71. The maximum absolute atomic E-state index is 5.85. The number of hydrogen-bond acceptors (Lipinski definition) is 1. The van der Waals surface area contributed by atoms with Gasteiger partial charge in [0.05, 0.1) is 0 Å². The smallest absolute Gasteiger partial charge is 0.189 e. The molecule has 0 radical (unpaired) electrons. The fourth-order valence-electron chi connectivity index (χ4n) is 2.16. The Hall–Kier alpha value is -0.780. The van der Waals surface area contributed by atoms with E-state index in [1.54, 1.807) is 0 Å². The van der Waals surface area contributed by atoms with Crippen molar-refractivity contribution in [1.29, 1.82) is 0 Å². The highest BCUT2D eigenvalue weighted by molar-refractivity contribution is 14.0. The third-order valence-electron chi connectivity index (χ3n) is 2.95. The Labute approximate surface area is 126 Å². The van der Waals surface area contributed by atoms with Gasteiger partial charge < -0.3 is 11.1 Å². The van der Waals surface area contributed by atoms with Crippen LogP contribution in [-0.2, 0) is 6.42 Å². The Kier molecular flexibility index (Phi) is 5.01. The van der Waals surface area contributed by atoms with Gasteiger partial charge in [-0.05, 0) is 38.3 Å². The van der Waals surface area contributed by atoms with Gasteiger partial charge in [-0.3, -0.25) is 4.99 Å². The van der Waals surface area contributed by atoms with Gasteiger partial charge in [0.15, 0.2) is 5.96 Å². The Bertz CT molecular complexity index is 435. The van der Waals surface area contributed by atoms with E-state index in [0.717, 1.165) is 13.0 Å². The molecule has 3 N–H and O–H groups in total. The predicted octanol–water partition coefficient (Wildman–Crippen LogP) is 2.65. The van der Waals surface area contributed by atoms with Gasteiger partial charge >= 0.3 is 0 Å². The zero-order valence-electron chi connectivity index (χ0n) is 11.2. The number of nitrogens with one attached hydrogen (secondary N) is 1. The van der Waals surface area contributed by atoms with Crippen molar-refractivity contribution in [3.8, 4) is 0 Å². The summed E-state index contributed by atoms with van der Waals surface area (Å²) in [5.74, 6) is 1.09. The summed E-state index contributed by atoms with van der Waals surface area (Å²) in [4.78, 5) is 4.41. The van der Waals surface area contributed by atoms with Crippen molar-refractivity contribution in [1.82, 2.24) is 5.32 Å². The third kappa shape index (κ3) is 3.86. The SMILES string of the molecule is CC(C)(C)NC(N)=NCC1Cc2ccccc21.I. The maximum atomic E-state index is 5.85. The van der Waals surface area contributed by atoms with Gasteiger partial charge in [-0.2, -0.15) is 0 Å². The molecule has 100 valence electrons. The minimum atomic E-state index is -0.0227. The first kappa shape index (κ1) is 15.3. The molecule has 1 unspecified atom stereocenters. The first-order valence-corrected chi connectivity index (χ1v) is 6.11. The van der Waals surface area contributed by atoms with E-state index in [2.05, 4.69) is 55.3 Å². The van der Waals surface area contributed by atoms with E-state index in [0.29, 0.717) is 11.9 Å². The highest BCUT2D eigenvalue weighted by Crippen LogP contribution is 2.34. The lowest BCUT2D eigenvalue weighted by molar-refractivity contribution is 0.506. The lowest BCUT2D eigenvalue weighted by Crippen LogP contribution is -2.45. The molecular weight excluding hydrogens is 337 g/mol. The van der Waals surface area contributed by atoms with Crippen LogP contribution in [0.2, 0.25) is 0 Å². The van der Waals surface area contributed by atoms with Gasteiger partial charge in [0.2, 0.25) is 0 Å². The van der Waals surface area contributed by atoms with Crippen LogP contribution in [0.15, 0.2) is 29.3 Å². The number of hydrogen-bond donors (Lipinski definition) is 2. The second kappa shape index (κ2) is 5.91. The summed E-state index contributed by atoms with van der Waals surface area (Å²) in [6, 6.07) is 8.55. The molecule has 1 atom stereocenters. The number of fused-ring (bicyclic) bond motifs is 1. The van der Waals surface area contributed by atoms with Crippen LogP contribution in [0.3, 0.4) is 0 Å². The van der Waals surface area contributed by atoms with Crippen molar-refractivity contribution in [2.24, 2.45) is 10.7 Å². The number of rotatable bonds is 2. The molecule has 0 bridgehead atoms. The molecule has 4 heteroatoms. The fourth-order valence-corrected chi connectivity index (χ4v) is 2.16. The van der Waals surface area contributed by atoms with Crippen LogP contribution in [0, 0.1) is 0 Å². The summed E-state index contributed by atoms with van der Waals surface area (Å²) >= 11 is 0. The minimum absolute atomic E-state index is 0. The predicted molar refractivity (Wildman–Crippen MR) is 87.7 cm³/mol. The van der Waals surface area contributed by atoms with E-state index < -0.39 is 0 Å². The lowest BCUT2D eigenvalue weighted by atomic mass is 9.78. The van der Waals surface area contributed by atoms with Crippen molar-refractivity contribution >= 4 is 29.9 Å². The monoisotopic (exact) mass is 359 g/mol. The van der Waals surface area contributed by atoms with Crippen LogP contribution in [0.25, 0.3) is 0 Å². The van der Waals surface area contributed by atoms with Crippen molar-refractivity contribution in [3.63, 3.8) is 0 Å². The van der Waals surface area contributed by atoms with Crippen LogP contribution in [0.4, 0.5) is 0 Å². The van der Waals surface area contributed by atoms with E-state index in [9.17, 15) is 0 Å². The van der Waals surface area contributed by atoms with E-state index in [4.69, 9.17) is 5.73 Å². The molecule has 0 fully saturated rings. The number of halogens is 1. The van der Waals surface area contributed by atoms with E-state index in [-0.39, 0.29) is 29.5 Å². The van der Waals surface area contributed by atoms with Crippen molar-refractivity contribution < 1.29 is 0 Å². The summed E-state index contributed by atoms with van der Waals surface area (Å²) < 4.78 is 0. The molecule has 18 heavy (non-hydrogen) atoms. The number of nitrogens with zero attached hydrogens (tertiary/aromatic N) is 1. The first-order valence-electron chi connectivity index (χ1n) is 6.11. The second-order valence-corrected chi connectivity index (χ2v) is 5.70. The van der Waals surface area contributed by atoms with Gasteiger partial charge in [0, 0.05) is 18.0 Å². The Morgan fingerprint density at radius 1 is 1.39 bits per heavy atom. The van der Waals surface area contributed by atoms with E-state index in [1.807, 2.05) is 0 Å². The second-order valence-electron chi connectivity index (χ2n) is 5.70. The minimum Gasteiger partial charge on any atom is -0.370 e. The van der Waals surface area contributed by atoms with Gasteiger partial charge in [-0.1, -0.05) is 24.3 Å². The molecule has 0 heterocycles. The quantitative estimate of drug-likeness (QED) is 0.485. The van der Waals surface area contributed by atoms with E-state index in [1.165, 1.54) is 11.1 Å². The van der Waals surface area contributed by atoms with E-state index >= 15 is 0 Å². The summed E-state index contributed by atoms with van der Waals surface area (Å²) in [7, 11) is 0. The van der Waals surface area contributed by atoms with Crippen LogP contribution in [0.1, 0.15) is 37.8 Å². The molecule has 2 rings (SSSR count). The van der Waals surface area contributed by atoms with Crippen molar-refractivity contribution in [3.05, 3.63) is 35.4 Å². The molecule has 1 aliphatic rings. The van der Waals surface area contributed by atoms with Crippen molar-refractivity contribution in [2.75, 3.05) is 6.54 Å². The molecule has 0 aliphatic heterocycles. The van der Waals surface area contributed by atoms with Gasteiger partial charge in [0.1, 0.15) is 0 Å². The molecule has 3 nitrogen and oxygen atoms in total. The topological polar surface area (TPSA) is 50.4 Å². The molecule has 1 aromatic rings. The van der Waals surface area contributed by atoms with Gasteiger partial charge in [0.25, 0.3) is 0 Å². The van der Waals surface area contributed by atoms with Crippen LogP contribution in [0.5, 0.6) is 0 Å². The van der Waals surface area contributed by atoms with Gasteiger partial charge in [-0.25, -0.2) is 0 Å². The number of nitrogens with two attached hydrogens (primary N) is 1. The number of benzene rings is 1.